The Kier molecular flexibility index (Phi) is 4.62. The summed E-state index contributed by atoms with van der Waals surface area (Å²) in [6.45, 7) is 2.73. The average Bonchev–Trinajstić information content (AvgIpc) is 3.10. The summed E-state index contributed by atoms with van der Waals surface area (Å²) in [5.74, 6) is -1.59. The molecule has 10 nitrogen and oxygen atoms in total. The SMILES string of the molecule is CC(C)C(=O)N=C1N=C2C(N=CN2[C@@H]2O[C@H](CO)[C@@H](O)[C@H]2F)C(=O)N1. The predicted molar refractivity (Wildman–Crippen MR) is 83.6 cm³/mol. The molecular formula is C14H18FN5O5. The Bertz CT molecular complexity index is 679. The Labute approximate surface area is 142 Å². The van der Waals surface area contributed by atoms with E-state index in [0.717, 1.165) is 0 Å². The zero-order valence-corrected chi connectivity index (χ0v) is 13.5. The molecule has 0 aliphatic carbocycles. The lowest BCUT2D eigenvalue weighted by atomic mass is 10.1. The summed E-state index contributed by atoms with van der Waals surface area (Å²) in [5.41, 5.74) is 0. The van der Waals surface area contributed by atoms with Gasteiger partial charge < -0.3 is 14.9 Å². The monoisotopic (exact) mass is 355 g/mol. The van der Waals surface area contributed by atoms with Gasteiger partial charge >= 0.3 is 0 Å². The quantitative estimate of drug-likeness (QED) is 0.545. The van der Waals surface area contributed by atoms with Crippen molar-refractivity contribution in [2.75, 3.05) is 6.61 Å². The zero-order chi connectivity index (χ0) is 18.3. The first-order chi connectivity index (χ1) is 11.8. The molecule has 1 unspecified atom stereocenters. The fraction of sp³-hybridized carbons (Fsp3) is 0.643. The number of aliphatic imine (C=N–C) groups is 3. The Morgan fingerprint density at radius 3 is 2.88 bits per heavy atom. The van der Waals surface area contributed by atoms with Gasteiger partial charge in [-0.3, -0.25) is 24.8 Å². The van der Waals surface area contributed by atoms with Gasteiger partial charge in [0.05, 0.1) is 12.9 Å². The number of carbonyl (C=O) groups is 2. The molecule has 3 N–H and O–H groups in total. The number of nitrogens with one attached hydrogen (secondary N) is 1. The van der Waals surface area contributed by atoms with Crippen molar-refractivity contribution in [1.82, 2.24) is 10.2 Å². The summed E-state index contributed by atoms with van der Waals surface area (Å²) in [4.78, 5) is 36.8. The van der Waals surface area contributed by atoms with Crippen molar-refractivity contribution in [1.29, 1.82) is 0 Å². The van der Waals surface area contributed by atoms with Crippen LogP contribution in [0, 0.1) is 5.92 Å². The summed E-state index contributed by atoms with van der Waals surface area (Å²) in [7, 11) is 0. The molecule has 0 aromatic heterocycles. The van der Waals surface area contributed by atoms with Crippen LogP contribution in [-0.4, -0.2) is 82.3 Å². The molecule has 0 saturated carbocycles. The molecule has 11 heteroatoms. The number of carbonyl (C=O) groups excluding carboxylic acids is 2. The van der Waals surface area contributed by atoms with Crippen LogP contribution in [0.3, 0.4) is 0 Å². The number of amidine groups is 1. The van der Waals surface area contributed by atoms with Gasteiger partial charge in [0.25, 0.3) is 11.8 Å². The van der Waals surface area contributed by atoms with E-state index >= 15 is 0 Å². The Hall–Kier alpha value is -2.24. The van der Waals surface area contributed by atoms with Crippen molar-refractivity contribution >= 4 is 29.9 Å². The maximum atomic E-state index is 14.3. The highest BCUT2D eigenvalue weighted by Gasteiger charge is 2.50. The number of aliphatic hydroxyl groups excluding tert-OH is 2. The van der Waals surface area contributed by atoms with E-state index in [0.29, 0.717) is 0 Å². The lowest BCUT2D eigenvalue weighted by Gasteiger charge is -2.27. The molecule has 0 spiro atoms. The predicted octanol–water partition coefficient (Wildman–Crippen LogP) is -1.82. The molecule has 3 aliphatic rings. The number of rotatable bonds is 3. The van der Waals surface area contributed by atoms with Gasteiger partial charge in [0.15, 0.2) is 24.3 Å². The third kappa shape index (κ3) is 3.05. The van der Waals surface area contributed by atoms with Crippen molar-refractivity contribution in [2.45, 2.75) is 44.5 Å². The molecule has 0 aromatic carbocycles. The fourth-order valence-electron chi connectivity index (χ4n) is 2.59. The molecular weight excluding hydrogens is 337 g/mol. The third-order valence-electron chi connectivity index (χ3n) is 4.01. The van der Waals surface area contributed by atoms with Gasteiger partial charge in [-0.1, -0.05) is 13.8 Å². The van der Waals surface area contributed by atoms with Gasteiger partial charge in [-0.05, 0) is 0 Å². The number of aliphatic hydroxyl groups is 2. The van der Waals surface area contributed by atoms with Gasteiger partial charge in [-0.25, -0.2) is 4.39 Å². The van der Waals surface area contributed by atoms with E-state index in [1.807, 2.05) is 0 Å². The van der Waals surface area contributed by atoms with Gasteiger partial charge in [0, 0.05) is 5.92 Å². The van der Waals surface area contributed by atoms with E-state index in [1.165, 1.54) is 11.2 Å². The van der Waals surface area contributed by atoms with Crippen LogP contribution in [0.5, 0.6) is 0 Å². The van der Waals surface area contributed by atoms with Crippen LogP contribution in [0.4, 0.5) is 4.39 Å². The van der Waals surface area contributed by atoms with E-state index < -0.39 is 49.1 Å². The largest absolute Gasteiger partial charge is 0.394 e. The number of guanidine groups is 1. The maximum absolute atomic E-state index is 14.3. The number of alkyl halides is 1. The number of amides is 2. The second kappa shape index (κ2) is 6.58. The van der Waals surface area contributed by atoms with Crippen LogP contribution < -0.4 is 5.32 Å². The maximum Gasteiger partial charge on any atom is 0.259 e. The topological polar surface area (TPSA) is 136 Å². The standard InChI is InChI=1S/C14H18FN5O5/c1-5(2)11(23)18-14-17-10-8(12(24)19-14)16-4-20(10)13-7(15)9(22)6(3-21)25-13/h4-9,13,21-22H,3H2,1-2H3,(H,18,19,23,24)/t6-,7-,8?,9-,13-/m1/s1. The molecule has 3 rings (SSSR count). The summed E-state index contributed by atoms with van der Waals surface area (Å²) in [6.07, 6.45) is -4.57. The van der Waals surface area contributed by atoms with E-state index in [-0.39, 0.29) is 17.7 Å². The minimum atomic E-state index is -1.84. The number of ether oxygens (including phenoxy) is 1. The first kappa shape index (κ1) is 17.6. The highest BCUT2D eigenvalue weighted by molar-refractivity contribution is 6.24. The highest BCUT2D eigenvalue weighted by Crippen LogP contribution is 2.29. The number of hydrogen-bond donors (Lipinski definition) is 3. The lowest BCUT2D eigenvalue weighted by molar-refractivity contribution is -0.120. The van der Waals surface area contributed by atoms with Crippen LogP contribution in [0.1, 0.15) is 13.8 Å². The zero-order valence-electron chi connectivity index (χ0n) is 13.5. The van der Waals surface area contributed by atoms with Gasteiger partial charge in [-0.15, -0.1) is 0 Å². The Morgan fingerprint density at radius 1 is 1.56 bits per heavy atom. The molecule has 0 radical (unpaired) electrons. The first-order valence-electron chi connectivity index (χ1n) is 7.75. The van der Waals surface area contributed by atoms with E-state index in [9.17, 15) is 19.1 Å². The van der Waals surface area contributed by atoms with Crippen LogP contribution in [0.25, 0.3) is 0 Å². The van der Waals surface area contributed by atoms with Gasteiger partial charge in [-0.2, -0.15) is 9.98 Å². The van der Waals surface area contributed by atoms with Gasteiger partial charge in [0.1, 0.15) is 12.2 Å². The van der Waals surface area contributed by atoms with E-state index in [1.54, 1.807) is 13.8 Å². The number of halogens is 1. The fourth-order valence-corrected chi connectivity index (χ4v) is 2.59. The van der Waals surface area contributed by atoms with Crippen LogP contribution >= 0.6 is 0 Å². The second-order valence-corrected chi connectivity index (χ2v) is 6.14. The summed E-state index contributed by atoms with van der Waals surface area (Å²) >= 11 is 0. The first-order valence-corrected chi connectivity index (χ1v) is 7.75. The molecule has 0 bridgehead atoms. The Balaban J connectivity index is 1.89. The number of hydrogen-bond acceptors (Lipinski definition) is 7. The normalized spacial score (nSPS) is 36.0. The van der Waals surface area contributed by atoms with E-state index in [2.05, 4.69) is 20.3 Å². The molecule has 25 heavy (non-hydrogen) atoms. The molecule has 3 aliphatic heterocycles. The molecule has 1 saturated heterocycles. The van der Waals surface area contributed by atoms with Crippen molar-refractivity contribution in [3.8, 4) is 0 Å². The summed E-state index contributed by atoms with van der Waals surface area (Å²) in [5, 5.41) is 21.2. The van der Waals surface area contributed by atoms with E-state index in [4.69, 9.17) is 9.84 Å². The van der Waals surface area contributed by atoms with Crippen molar-refractivity contribution in [3.05, 3.63) is 0 Å². The number of fused-ring (bicyclic) bond motifs is 1. The molecule has 5 atom stereocenters. The number of nitrogens with zero attached hydrogens (tertiary/aromatic N) is 4. The minimum Gasteiger partial charge on any atom is -0.394 e. The summed E-state index contributed by atoms with van der Waals surface area (Å²) < 4.78 is 19.6. The average molecular weight is 355 g/mol. The minimum absolute atomic E-state index is 0.0393. The molecule has 0 aromatic rings. The molecule has 136 valence electrons. The van der Waals surface area contributed by atoms with Gasteiger partial charge in [0.2, 0.25) is 5.96 Å². The van der Waals surface area contributed by atoms with Crippen LogP contribution in [-0.2, 0) is 14.3 Å². The van der Waals surface area contributed by atoms with Crippen molar-refractivity contribution in [3.63, 3.8) is 0 Å². The molecule has 1 fully saturated rings. The van der Waals surface area contributed by atoms with Crippen LogP contribution in [0.2, 0.25) is 0 Å². The lowest BCUT2D eigenvalue weighted by Crippen LogP contribution is -2.52. The highest BCUT2D eigenvalue weighted by atomic mass is 19.1. The third-order valence-corrected chi connectivity index (χ3v) is 4.01. The molecule has 3 heterocycles. The van der Waals surface area contributed by atoms with Crippen molar-refractivity contribution < 1.29 is 28.9 Å². The molecule has 2 amide bonds. The Morgan fingerprint density at radius 2 is 2.28 bits per heavy atom. The van der Waals surface area contributed by atoms with Crippen molar-refractivity contribution in [2.24, 2.45) is 20.9 Å². The second-order valence-electron chi connectivity index (χ2n) is 6.14. The smallest absolute Gasteiger partial charge is 0.259 e. The summed E-state index contributed by atoms with van der Waals surface area (Å²) in [6, 6.07) is -1.02. The van der Waals surface area contributed by atoms with Crippen LogP contribution in [0.15, 0.2) is 15.0 Å².